The van der Waals surface area contributed by atoms with Gasteiger partial charge in [0, 0.05) is 4.47 Å². The van der Waals surface area contributed by atoms with E-state index in [2.05, 4.69) is 31.2 Å². The third-order valence-corrected chi connectivity index (χ3v) is 3.38. The Morgan fingerprint density at radius 3 is 2.39 bits per heavy atom. The van der Waals surface area contributed by atoms with E-state index in [1.807, 2.05) is 6.07 Å². The quantitative estimate of drug-likeness (QED) is 0.841. The van der Waals surface area contributed by atoms with Crippen LogP contribution in [0.25, 0.3) is 0 Å². The maximum atomic E-state index is 12.0. The average molecular weight is 347 g/mol. The van der Waals surface area contributed by atoms with E-state index < -0.39 is 0 Å². The number of rotatable bonds is 2. The molecule has 4 nitrogen and oxygen atoms in total. The number of hydrogen-bond acceptors (Lipinski definition) is 3. The summed E-state index contributed by atoms with van der Waals surface area (Å²) in [5.74, 6) is -0.346. The number of amides is 1. The van der Waals surface area contributed by atoms with E-state index >= 15 is 0 Å². The number of carbonyl (C=O) groups excluding carboxylic acids is 1. The SMILES string of the molecule is O=C(Nc1c(Cl)ncnc1Cl)c1ccccc1Br. The molecule has 0 fully saturated rings. The number of hydrogen-bond donors (Lipinski definition) is 1. The van der Waals surface area contributed by atoms with Crippen molar-refractivity contribution in [3.05, 3.63) is 50.9 Å². The normalized spacial score (nSPS) is 10.2. The molecule has 0 aliphatic rings. The molecule has 0 aliphatic carbocycles. The largest absolute Gasteiger partial charge is 0.317 e. The standard InChI is InChI=1S/C11H6BrCl2N3O/c12-7-4-2-1-3-6(7)11(18)17-8-9(13)15-5-16-10(8)14/h1-5H,(H,17,18). The van der Waals surface area contributed by atoms with E-state index in [-0.39, 0.29) is 21.9 Å². The molecule has 0 aliphatic heterocycles. The lowest BCUT2D eigenvalue weighted by Crippen LogP contribution is -2.13. The fourth-order valence-electron chi connectivity index (χ4n) is 1.27. The molecule has 1 heterocycles. The summed E-state index contributed by atoms with van der Waals surface area (Å²) < 4.78 is 0.673. The highest BCUT2D eigenvalue weighted by molar-refractivity contribution is 9.10. The molecule has 2 rings (SSSR count). The molecule has 0 atom stereocenters. The second kappa shape index (κ2) is 5.65. The highest BCUT2D eigenvalue weighted by Gasteiger charge is 2.14. The molecular formula is C11H6BrCl2N3O. The Balaban J connectivity index is 2.30. The van der Waals surface area contributed by atoms with Gasteiger partial charge in [-0.3, -0.25) is 4.79 Å². The lowest BCUT2D eigenvalue weighted by molar-refractivity contribution is 0.102. The summed E-state index contributed by atoms with van der Waals surface area (Å²) in [5.41, 5.74) is 0.662. The van der Waals surface area contributed by atoms with Gasteiger partial charge in [0.2, 0.25) is 0 Å². The average Bonchev–Trinajstić information content (AvgIpc) is 2.34. The van der Waals surface area contributed by atoms with Crippen molar-refractivity contribution in [2.45, 2.75) is 0 Å². The van der Waals surface area contributed by atoms with Crippen molar-refractivity contribution in [1.82, 2.24) is 9.97 Å². The van der Waals surface area contributed by atoms with Crippen LogP contribution in [0.2, 0.25) is 10.3 Å². The summed E-state index contributed by atoms with van der Waals surface area (Å²) in [7, 11) is 0. The number of nitrogens with one attached hydrogen (secondary N) is 1. The smallest absolute Gasteiger partial charge is 0.256 e. The first-order chi connectivity index (χ1) is 8.59. The molecule has 1 N–H and O–H groups in total. The first kappa shape index (κ1) is 13.3. The number of carbonyl (C=O) groups is 1. The van der Waals surface area contributed by atoms with Gasteiger partial charge < -0.3 is 5.32 Å². The second-order valence-corrected chi connectivity index (χ2v) is 4.83. The zero-order valence-corrected chi connectivity index (χ0v) is 11.9. The number of benzene rings is 1. The molecule has 0 saturated heterocycles. The lowest BCUT2D eigenvalue weighted by Gasteiger charge is -2.08. The zero-order valence-electron chi connectivity index (χ0n) is 8.82. The number of aromatic nitrogens is 2. The maximum absolute atomic E-state index is 12.0. The molecule has 0 bridgehead atoms. The first-order valence-electron chi connectivity index (χ1n) is 4.81. The van der Waals surface area contributed by atoms with Crippen LogP contribution in [0.3, 0.4) is 0 Å². The Bertz CT molecular complexity index is 586. The summed E-state index contributed by atoms with van der Waals surface area (Å²) in [6.07, 6.45) is 1.22. The molecule has 0 unspecified atom stereocenters. The Kier molecular flexibility index (Phi) is 4.16. The van der Waals surface area contributed by atoms with Crippen molar-refractivity contribution in [3.63, 3.8) is 0 Å². The third-order valence-electron chi connectivity index (χ3n) is 2.11. The molecule has 0 saturated carbocycles. The van der Waals surface area contributed by atoms with E-state index in [4.69, 9.17) is 23.2 Å². The van der Waals surface area contributed by atoms with Gasteiger partial charge >= 0.3 is 0 Å². The predicted octanol–water partition coefficient (Wildman–Crippen LogP) is 3.80. The molecular weight excluding hydrogens is 341 g/mol. The fourth-order valence-corrected chi connectivity index (χ4v) is 2.15. The molecule has 0 radical (unpaired) electrons. The van der Waals surface area contributed by atoms with Crippen LogP contribution in [0, 0.1) is 0 Å². The van der Waals surface area contributed by atoms with Gasteiger partial charge in [-0.25, -0.2) is 9.97 Å². The van der Waals surface area contributed by atoms with Crippen LogP contribution in [0.5, 0.6) is 0 Å². The number of halogens is 3. The van der Waals surface area contributed by atoms with Crippen LogP contribution < -0.4 is 5.32 Å². The highest BCUT2D eigenvalue weighted by Crippen LogP contribution is 2.27. The molecule has 1 aromatic heterocycles. The van der Waals surface area contributed by atoms with Crippen molar-refractivity contribution >= 4 is 50.7 Å². The summed E-state index contributed by atoms with van der Waals surface area (Å²) in [6.45, 7) is 0. The minimum absolute atomic E-state index is 0.0930. The second-order valence-electron chi connectivity index (χ2n) is 3.26. The first-order valence-corrected chi connectivity index (χ1v) is 6.36. The van der Waals surface area contributed by atoms with Crippen LogP contribution in [0.1, 0.15) is 10.4 Å². The van der Waals surface area contributed by atoms with Crippen LogP contribution in [0.4, 0.5) is 5.69 Å². The molecule has 1 amide bonds. The summed E-state index contributed by atoms with van der Waals surface area (Å²) in [5, 5.41) is 2.76. The predicted molar refractivity (Wildman–Crippen MR) is 74.1 cm³/mol. The van der Waals surface area contributed by atoms with Gasteiger partial charge in [0.25, 0.3) is 5.91 Å². The Hall–Kier alpha value is -1.17. The monoisotopic (exact) mass is 345 g/mol. The highest BCUT2D eigenvalue weighted by atomic mass is 79.9. The minimum Gasteiger partial charge on any atom is -0.317 e. The molecule has 7 heteroatoms. The molecule has 92 valence electrons. The van der Waals surface area contributed by atoms with Gasteiger partial charge in [-0.15, -0.1) is 0 Å². The van der Waals surface area contributed by atoms with Crippen molar-refractivity contribution < 1.29 is 4.79 Å². The lowest BCUT2D eigenvalue weighted by atomic mass is 10.2. The van der Waals surface area contributed by atoms with Gasteiger partial charge in [0.1, 0.15) is 12.0 Å². The maximum Gasteiger partial charge on any atom is 0.256 e. The van der Waals surface area contributed by atoms with Gasteiger partial charge in [0.05, 0.1) is 5.56 Å². The minimum atomic E-state index is -0.346. The van der Waals surface area contributed by atoms with Crippen molar-refractivity contribution in [2.24, 2.45) is 0 Å². The summed E-state index contributed by atoms with van der Waals surface area (Å²) >= 11 is 15.0. The van der Waals surface area contributed by atoms with Gasteiger partial charge in [0.15, 0.2) is 10.3 Å². The molecule has 0 spiro atoms. The number of anilines is 1. The van der Waals surface area contributed by atoms with Crippen LogP contribution in [-0.4, -0.2) is 15.9 Å². The van der Waals surface area contributed by atoms with E-state index in [9.17, 15) is 4.79 Å². The van der Waals surface area contributed by atoms with Gasteiger partial charge in [-0.05, 0) is 28.1 Å². The number of nitrogens with zero attached hydrogens (tertiary/aromatic N) is 2. The van der Waals surface area contributed by atoms with Gasteiger partial charge in [-0.1, -0.05) is 35.3 Å². The summed E-state index contributed by atoms with van der Waals surface area (Å²) in [4.78, 5) is 19.5. The van der Waals surface area contributed by atoms with Crippen LogP contribution in [-0.2, 0) is 0 Å². The molecule has 2 aromatic rings. The molecule has 18 heavy (non-hydrogen) atoms. The van der Waals surface area contributed by atoms with E-state index in [0.29, 0.717) is 10.0 Å². The third kappa shape index (κ3) is 2.80. The van der Waals surface area contributed by atoms with Crippen LogP contribution >= 0.6 is 39.1 Å². The summed E-state index contributed by atoms with van der Waals surface area (Å²) in [6, 6.07) is 7.00. The van der Waals surface area contributed by atoms with Crippen molar-refractivity contribution in [3.8, 4) is 0 Å². The topological polar surface area (TPSA) is 54.9 Å². The van der Waals surface area contributed by atoms with E-state index in [1.54, 1.807) is 18.2 Å². The zero-order chi connectivity index (χ0) is 13.1. The van der Waals surface area contributed by atoms with Gasteiger partial charge in [-0.2, -0.15) is 0 Å². The Labute approximate surface area is 121 Å². The van der Waals surface area contributed by atoms with E-state index in [1.165, 1.54) is 6.33 Å². The van der Waals surface area contributed by atoms with Crippen molar-refractivity contribution in [1.29, 1.82) is 0 Å². The fraction of sp³-hybridized carbons (Fsp3) is 0. The van der Waals surface area contributed by atoms with Crippen LogP contribution in [0.15, 0.2) is 35.1 Å². The van der Waals surface area contributed by atoms with Crippen molar-refractivity contribution in [2.75, 3.05) is 5.32 Å². The Morgan fingerprint density at radius 1 is 1.17 bits per heavy atom. The molecule has 1 aromatic carbocycles. The van der Waals surface area contributed by atoms with E-state index in [0.717, 1.165) is 0 Å². The Morgan fingerprint density at radius 2 is 1.78 bits per heavy atom.